The van der Waals surface area contributed by atoms with Crippen LogP contribution in [0.2, 0.25) is 0 Å². The zero-order chi connectivity index (χ0) is 27.5. The smallest absolute Gasteiger partial charge is 0.305 e. The number of ether oxygens (including phenoxy) is 2. The van der Waals surface area contributed by atoms with Gasteiger partial charge in [0.25, 0.3) is 5.91 Å². The standard InChI is InChI=1S/C32H40N2O4/c1-6-37-31(35)12-9-19-38-30-11-8-7-10-28(30)32(36)33-29-18-15-26(21-24(29)4)22-34(5)27-16-13-25(14-17-27)20-23(2)3/h7-8,10-11,13-18,21,23H,6,9,12,19-20,22H2,1-5H3,(H,33,36). The number of nitrogens with zero attached hydrogens (tertiary/aromatic N) is 1. The molecular weight excluding hydrogens is 476 g/mol. The van der Waals surface area contributed by atoms with Crippen LogP contribution in [0.1, 0.15) is 60.7 Å². The van der Waals surface area contributed by atoms with Crippen molar-refractivity contribution in [1.29, 1.82) is 0 Å². The summed E-state index contributed by atoms with van der Waals surface area (Å²) in [7, 11) is 2.09. The molecule has 3 aromatic carbocycles. The lowest BCUT2D eigenvalue weighted by Crippen LogP contribution is -2.17. The molecule has 0 aliphatic carbocycles. The molecule has 3 aromatic rings. The van der Waals surface area contributed by atoms with Crippen molar-refractivity contribution in [3.05, 3.63) is 89.0 Å². The van der Waals surface area contributed by atoms with Crippen molar-refractivity contribution in [3.63, 3.8) is 0 Å². The van der Waals surface area contributed by atoms with Crippen LogP contribution < -0.4 is 15.0 Å². The Morgan fingerprint density at radius 2 is 1.68 bits per heavy atom. The highest BCUT2D eigenvalue weighted by molar-refractivity contribution is 6.06. The Bertz CT molecular complexity index is 1200. The summed E-state index contributed by atoms with van der Waals surface area (Å²) in [5, 5.41) is 3.02. The van der Waals surface area contributed by atoms with E-state index in [0.29, 0.717) is 36.9 Å². The van der Waals surface area contributed by atoms with Gasteiger partial charge in [0.05, 0.1) is 18.8 Å². The first kappa shape index (κ1) is 28.8. The highest BCUT2D eigenvalue weighted by Gasteiger charge is 2.14. The fourth-order valence-corrected chi connectivity index (χ4v) is 4.29. The molecule has 6 nitrogen and oxygen atoms in total. The first-order valence-corrected chi connectivity index (χ1v) is 13.3. The first-order chi connectivity index (χ1) is 18.3. The van der Waals surface area contributed by atoms with Gasteiger partial charge in [-0.1, -0.05) is 50.2 Å². The molecule has 0 spiro atoms. The third kappa shape index (κ3) is 8.65. The predicted molar refractivity (Wildman–Crippen MR) is 154 cm³/mol. The van der Waals surface area contributed by atoms with Crippen LogP contribution in [0.4, 0.5) is 11.4 Å². The number of nitrogens with one attached hydrogen (secondary N) is 1. The van der Waals surface area contributed by atoms with E-state index in [2.05, 4.69) is 61.4 Å². The van der Waals surface area contributed by atoms with Gasteiger partial charge in [0.1, 0.15) is 5.75 Å². The van der Waals surface area contributed by atoms with Crippen LogP contribution in [0.5, 0.6) is 5.75 Å². The third-order valence-corrected chi connectivity index (χ3v) is 6.20. The van der Waals surface area contributed by atoms with Crippen molar-refractivity contribution in [3.8, 4) is 5.75 Å². The second kappa shape index (κ2) is 14.2. The van der Waals surface area contributed by atoms with E-state index in [-0.39, 0.29) is 18.3 Å². The maximum absolute atomic E-state index is 13.1. The third-order valence-electron chi connectivity index (χ3n) is 6.20. The summed E-state index contributed by atoms with van der Waals surface area (Å²) in [5.41, 5.74) is 5.90. The maximum Gasteiger partial charge on any atom is 0.305 e. The van der Waals surface area contributed by atoms with Gasteiger partial charge in [-0.25, -0.2) is 0 Å². The van der Waals surface area contributed by atoms with Crippen LogP contribution in [0.25, 0.3) is 0 Å². The summed E-state index contributed by atoms with van der Waals surface area (Å²) in [4.78, 5) is 26.8. The van der Waals surface area contributed by atoms with Crippen molar-refractivity contribution in [1.82, 2.24) is 0 Å². The Morgan fingerprint density at radius 1 is 0.974 bits per heavy atom. The van der Waals surface area contributed by atoms with Crippen molar-refractivity contribution >= 4 is 23.3 Å². The van der Waals surface area contributed by atoms with E-state index >= 15 is 0 Å². The van der Waals surface area contributed by atoms with E-state index in [1.807, 2.05) is 31.2 Å². The quantitative estimate of drug-likeness (QED) is 0.200. The van der Waals surface area contributed by atoms with Crippen LogP contribution in [0.15, 0.2) is 66.7 Å². The average molecular weight is 517 g/mol. The van der Waals surface area contributed by atoms with E-state index in [0.717, 1.165) is 24.2 Å². The molecule has 0 bridgehead atoms. The molecule has 202 valence electrons. The normalized spacial score (nSPS) is 10.8. The molecule has 0 heterocycles. The fourth-order valence-electron chi connectivity index (χ4n) is 4.29. The molecule has 1 amide bonds. The van der Waals surface area contributed by atoms with Gasteiger partial charge in [-0.15, -0.1) is 0 Å². The second-order valence-electron chi connectivity index (χ2n) is 9.98. The summed E-state index contributed by atoms with van der Waals surface area (Å²) >= 11 is 0. The van der Waals surface area contributed by atoms with E-state index in [1.54, 1.807) is 19.1 Å². The molecule has 0 unspecified atom stereocenters. The molecule has 0 saturated carbocycles. The predicted octanol–water partition coefficient (Wildman–Crippen LogP) is 6.80. The summed E-state index contributed by atoms with van der Waals surface area (Å²) in [6, 6.07) is 22.0. The number of aryl methyl sites for hydroxylation is 1. The van der Waals surface area contributed by atoms with E-state index < -0.39 is 0 Å². The zero-order valence-corrected chi connectivity index (χ0v) is 23.3. The lowest BCUT2D eigenvalue weighted by Gasteiger charge is -2.21. The Morgan fingerprint density at radius 3 is 2.37 bits per heavy atom. The largest absolute Gasteiger partial charge is 0.493 e. The van der Waals surface area contributed by atoms with Crippen molar-refractivity contribution in [2.24, 2.45) is 5.92 Å². The number of carbonyl (C=O) groups is 2. The second-order valence-corrected chi connectivity index (χ2v) is 9.98. The van der Waals surface area contributed by atoms with Crippen LogP contribution >= 0.6 is 0 Å². The van der Waals surface area contributed by atoms with Gasteiger partial charge in [0, 0.05) is 31.4 Å². The fraction of sp³-hybridized carbons (Fsp3) is 0.375. The minimum Gasteiger partial charge on any atom is -0.493 e. The Labute approximate surface area is 227 Å². The average Bonchev–Trinajstić information content (AvgIpc) is 2.88. The maximum atomic E-state index is 13.1. The number of anilines is 2. The van der Waals surface area contributed by atoms with Gasteiger partial charge in [0.15, 0.2) is 0 Å². The Balaban J connectivity index is 1.59. The summed E-state index contributed by atoms with van der Waals surface area (Å²) in [5.74, 6) is 0.653. The van der Waals surface area contributed by atoms with Crippen molar-refractivity contribution < 1.29 is 19.1 Å². The van der Waals surface area contributed by atoms with E-state index in [4.69, 9.17) is 9.47 Å². The number of carbonyl (C=O) groups excluding carboxylic acids is 2. The van der Waals surface area contributed by atoms with Gasteiger partial charge >= 0.3 is 5.97 Å². The SMILES string of the molecule is CCOC(=O)CCCOc1ccccc1C(=O)Nc1ccc(CN(C)c2ccc(CC(C)C)cc2)cc1C. The number of amides is 1. The van der Waals surface area contributed by atoms with E-state index in [9.17, 15) is 9.59 Å². The Hall–Kier alpha value is -3.80. The van der Waals surface area contributed by atoms with Crippen molar-refractivity contribution in [2.45, 2.75) is 53.5 Å². The molecular formula is C32H40N2O4. The molecule has 3 rings (SSSR count). The molecule has 6 heteroatoms. The highest BCUT2D eigenvalue weighted by atomic mass is 16.5. The monoisotopic (exact) mass is 516 g/mol. The van der Waals surface area contributed by atoms with Gasteiger partial charge < -0.3 is 19.7 Å². The molecule has 0 atom stereocenters. The van der Waals surface area contributed by atoms with Crippen LogP contribution in [0.3, 0.4) is 0 Å². The molecule has 0 aromatic heterocycles. The van der Waals surface area contributed by atoms with Gasteiger partial charge in [-0.3, -0.25) is 9.59 Å². The lowest BCUT2D eigenvalue weighted by atomic mass is 10.0. The topological polar surface area (TPSA) is 67.9 Å². The number of esters is 1. The molecule has 1 N–H and O–H groups in total. The van der Waals surface area contributed by atoms with E-state index in [1.165, 1.54) is 16.8 Å². The minimum atomic E-state index is -0.244. The molecule has 0 radical (unpaired) electrons. The summed E-state index contributed by atoms with van der Waals surface area (Å²) < 4.78 is 10.8. The molecule has 0 fully saturated rings. The summed E-state index contributed by atoms with van der Waals surface area (Å²) in [6.45, 7) is 9.70. The summed E-state index contributed by atoms with van der Waals surface area (Å²) in [6.07, 6.45) is 1.89. The molecule has 0 aliphatic heterocycles. The highest BCUT2D eigenvalue weighted by Crippen LogP contribution is 2.24. The number of benzene rings is 3. The number of rotatable bonds is 13. The van der Waals surface area contributed by atoms with Crippen LogP contribution in [0, 0.1) is 12.8 Å². The van der Waals surface area contributed by atoms with Crippen molar-refractivity contribution in [2.75, 3.05) is 30.5 Å². The minimum absolute atomic E-state index is 0.236. The number of para-hydroxylation sites is 1. The van der Waals surface area contributed by atoms with Crippen LogP contribution in [-0.4, -0.2) is 32.1 Å². The lowest BCUT2D eigenvalue weighted by molar-refractivity contribution is -0.143. The number of hydrogen-bond acceptors (Lipinski definition) is 5. The Kier molecular flexibility index (Phi) is 10.8. The van der Waals surface area contributed by atoms with Gasteiger partial charge in [-0.2, -0.15) is 0 Å². The van der Waals surface area contributed by atoms with Gasteiger partial charge in [-0.05, 0) is 79.6 Å². The molecule has 0 aliphatic rings. The van der Waals surface area contributed by atoms with Gasteiger partial charge in [0.2, 0.25) is 0 Å². The first-order valence-electron chi connectivity index (χ1n) is 13.3. The zero-order valence-electron chi connectivity index (χ0n) is 23.3. The van der Waals surface area contributed by atoms with Crippen LogP contribution in [-0.2, 0) is 22.5 Å². The molecule has 38 heavy (non-hydrogen) atoms. The number of hydrogen-bond donors (Lipinski definition) is 1. The molecule has 0 saturated heterocycles.